The van der Waals surface area contributed by atoms with Crippen LogP contribution in [0.3, 0.4) is 0 Å². The fraction of sp³-hybridized carbons (Fsp3) is 0.294. The molecule has 0 amide bonds. The summed E-state index contributed by atoms with van der Waals surface area (Å²) in [6.45, 7) is 0.804. The third kappa shape index (κ3) is 2.96. The minimum Gasteiger partial charge on any atom is -0.464 e. The summed E-state index contributed by atoms with van der Waals surface area (Å²) in [6, 6.07) is 18.5. The summed E-state index contributed by atoms with van der Waals surface area (Å²) in [5, 5.41) is 0. The zero-order valence-electron chi connectivity index (χ0n) is 10.9. The number of ether oxygens (including phenoxy) is 2. The lowest BCUT2D eigenvalue weighted by atomic mass is 10.0. The zero-order chi connectivity index (χ0) is 12.9. The predicted molar refractivity (Wildman–Crippen MR) is 76.1 cm³/mol. The van der Waals surface area contributed by atoms with Gasteiger partial charge in [0.1, 0.15) is 5.75 Å². The summed E-state index contributed by atoms with van der Waals surface area (Å²) in [5.41, 5.74) is 2.30. The molecule has 19 heavy (non-hydrogen) atoms. The van der Waals surface area contributed by atoms with Gasteiger partial charge < -0.3 is 9.47 Å². The molecule has 2 heteroatoms. The van der Waals surface area contributed by atoms with Gasteiger partial charge in [-0.1, -0.05) is 48.5 Å². The van der Waals surface area contributed by atoms with Crippen molar-refractivity contribution < 1.29 is 9.47 Å². The van der Waals surface area contributed by atoms with Gasteiger partial charge in [0, 0.05) is 12.0 Å². The van der Waals surface area contributed by atoms with Crippen LogP contribution in [0.4, 0.5) is 0 Å². The van der Waals surface area contributed by atoms with Crippen molar-refractivity contribution in [2.45, 2.75) is 25.6 Å². The largest absolute Gasteiger partial charge is 0.464 e. The van der Waals surface area contributed by atoms with Gasteiger partial charge in [-0.25, -0.2) is 0 Å². The van der Waals surface area contributed by atoms with E-state index in [9.17, 15) is 0 Å². The molecule has 1 saturated heterocycles. The molecule has 1 fully saturated rings. The second-order valence-corrected chi connectivity index (χ2v) is 4.78. The van der Waals surface area contributed by atoms with E-state index in [-0.39, 0.29) is 6.29 Å². The molecule has 0 aromatic heterocycles. The number of benzene rings is 2. The molecule has 1 unspecified atom stereocenters. The first-order chi connectivity index (χ1) is 9.43. The van der Waals surface area contributed by atoms with Crippen LogP contribution in [0.15, 0.2) is 54.6 Å². The molecule has 1 atom stereocenters. The maximum Gasteiger partial charge on any atom is 0.199 e. The summed E-state index contributed by atoms with van der Waals surface area (Å²) in [7, 11) is 0. The summed E-state index contributed by atoms with van der Waals surface area (Å²) in [5.74, 6) is 0.903. The fourth-order valence-corrected chi connectivity index (χ4v) is 2.37. The van der Waals surface area contributed by atoms with Gasteiger partial charge in [0.15, 0.2) is 6.29 Å². The normalized spacial score (nSPS) is 19.1. The zero-order valence-corrected chi connectivity index (χ0v) is 10.9. The van der Waals surface area contributed by atoms with Crippen LogP contribution < -0.4 is 4.74 Å². The van der Waals surface area contributed by atoms with E-state index in [1.54, 1.807) is 0 Å². The highest BCUT2D eigenvalue weighted by Crippen LogP contribution is 2.31. The molecule has 0 spiro atoms. The quantitative estimate of drug-likeness (QED) is 0.814. The maximum absolute atomic E-state index is 6.02. The first-order valence-electron chi connectivity index (χ1n) is 6.86. The molecule has 2 aromatic carbocycles. The Morgan fingerprint density at radius 1 is 0.895 bits per heavy atom. The summed E-state index contributed by atoms with van der Waals surface area (Å²) < 4.78 is 11.7. The fourth-order valence-electron chi connectivity index (χ4n) is 2.37. The molecule has 0 bridgehead atoms. The molecule has 0 saturated carbocycles. The van der Waals surface area contributed by atoms with Gasteiger partial charge in [-0.05, 0) is 24.5 Å². The molecular weight excluding hydrogens is 236 g/mol. The van der Waals surface area contributed by atoms with E-state index in [0.29, 0.717) is 0 Å². The van der Waals surface area contributed by atoms with Crippen molar-refractivity contribution in [1.82, 2.24) is 0 Å². The van der Waals surface area contributed by atoms with E-state index in [1.807, 2.05) is 36.4 Å². The molecular formula is C17H18O2. The van der Waals surface area contributed by atoms with Crippen LogP contribution in [0.5, 0.6) is 5.75 Å². The lowest BCUT2D eigenvalue weighted by Gasteiger charge is -2.24. The van der Waals surface area contributed by atoms with E-state index in [2.05, 4.69) is 18.2 Å². The monoisotopic (exact) mass is 254 g/mol. The first-order valence-corrected chi connectivity index (χ1v) is 6.86. The van der Waals surface area contributed by atoms with Crippen molar-refractivity contribution in [3.8, 4) is 16.9 Å². The molecule has 1 aliphatic rings. The molecule has 0 radical (unpaired) electrons. The average Bonchev–Trinajstić information content (AvgIpc) is 2.50. The van der Waals surface area contributed by atoms with Crippen LogP contribution in [0.1, 0.15) is 19.3 Å². The molecule has 3 rings (SSSR count). The Balaban J connectivity index is 1.85. The highest BCUT2D eigenvalue weighted by Gasteiger charge is 2.16. The minimum absolute atomic E-state index is 0.0985. The number of hydrogen-bond donors (Lipinski definition) is 0. The third-order valence-corrected chi connectivity index (χ3v) is 3.37. The van der Waals surface area contributed by atoms with Crippen LogP contribution in [0.25, 0.3) is 11.1 Å². The minimum atomic E-state index is -0.0985. The molecule has 1 aliphatic heterocycles. The molecule has 0 N–H and O–H groups in total. The Labute approximate surface area is 114 Å². The van der Waals surface area contributed by atoms with E-state index < -0.39 is 0 Å². The van der Waals surface area contributed by atoms with Crippen LogP contribution in [-0.2, 0) is 4.74 Å². The smallest absolute Gasteiger partial charge is 0.199 e. The summed E-state index contributed by atoms with van der Waals surface area (Å²) in [6.07, 6.45) is 3.19. The first kappa shape index (κ1) is 12.2. The van der Waals surface area contributed by atoms with Crippen molar-refractivity contribution in [3.05, 3.63) is 54.6 Å². The van der Waals surface area contributed by atoms with Gasteiger partial charge in [-0.15, -0.1) is 0 Å². The Kier molecular flexibility index (Phi) is 3.80. The highest BCUT2D eigenvalue weighted by molar-refractivity contribution is 5.70. The summed E-state index contributed by atoms with van der Waals surface area (Å²) >= 11 is 0. The summed E-state index contributed by atoms with van der Waals surface area (Å²) in [4.78, 5) is 0. The molecule has 2 nitrogen and oxygen atoms in total. The Morgan fingerprint density at radius 3 is 2.47 bits per heavy atom. The van der Waals surface area contributed by atoms with Gasteiger partial charge in [-0.2, -0.15) is 0 Å². The second kappa shape index (κ2) is 5.89. The van der Waals surface area contributed by atoms with E-state index in [1.165, 1.54) is 12.0 Å². The molecule has 1 heterocycles. The van der Waals surface area contributed by atoms with Crippen molar-refractivity contribution in [3.63, 3.8) is 0 Å². The van der Waals surface area contributed by atoms with Crippen LogP contribution >= 0.6 is 0 Å². The topological polar surface area (TPSA) is 18.5 Å². The van der Waals surface area contributed by atoms with E-state index in [0.717, 1.165) is 30.8 Å². The standard InChI is InChI=1S/C17H18O2/c1-2-8-14(9-3-1)15-10-4-5-11-16(15)19-17-12-6-7-13-18-17/h1-5,8-11,17H,6-7,12-13H2. The van der Waals surface area contributed by atoms with Crippen molar-refractivity contribution in [1.29, 1.82) is 0 Å². The van der Waals surface area contributed by atoms with Gasteiger partial charge in [-0.3, -0.25) is 0 Å². The molecule has 98 valence electrons. The lowest BCUT2D eigenvalue weighted by molar-refractivity contribution is -0.105. The van der Waals surface area contributed by atoms with E-state index in [4.69, 9.17) is 9.47 Å². The third-order valence-electron chi connectivity index (χ3n) is 3.37. The number of hydrogen-bond acceptors (Lipinski definition) is 2. The number of rotatable bonds is 3. The molecule has 2 aromatic rings. The van der Waals surface area contributed by atoms with Gasteiger partial charge in [0.05, 0.1) is 6.61 Å². The van der Waals surface area contributed by atoms with Crippen molar-refractivity contribution in [2.24, 2.45) is 0 Å². The van der Waals surface area contributed by atoms with E-state index >= 15 is 0 Å². The average molecular weight is 254 g/mol. The second-order valence-electron chi connectivity index (χ2n) is 4.78. The van der Waals surface area contributed by atoms with Crippen LogP contribution in [-0.4, -0.2) is 12.9 Å². The predicted octanol–water partition coefficient (Wildman–Crippen LogP) is 4.26. The lowest BCUT2D eigenvalue weighted by Crippen LogP contribution is -2.25. The van der Waals surface area contributed by atoms with Crippen LogP contribution in [0, 0.1) is 0 Å². The highest BCUT2D eigenvalue weighted by atomic mass is 16.7. The SMILES string of the molecule is c1ccc(-c2ccccc2OC2CCCCO2)cc1. The Morgan fingerprint density at radius 2 is 1.68 bits per heavy atom. The number of para-hydroxylation sites is 1. The van der Waals surface area contributed by atoms with Crippen molar-refractivity contribution >= 4 is 0 Å². The van der Waals surface area contributed by atoms with Crippen LogP contribution in [0.2, 0.25) is 0 Å². The molecule has 0 aliphatic carbocycles. The van der Waals surface area contributed by atoms with Gasteiger partial charge in [0.2, 0.25) is 0 Å². The van der Waals surface area contributed by atoms with Gasteiger partial charge >= 0.3 is 0 Å². The Bertz CT molecular complexity index is 516. The van der Waals surface area contributed by atoms with Gasteiger partial charge in [0.25, 0.3) is 0 Å². The Hall–Kier alpha value is -1.80. The van der Waals surface area contributed by atoms with Crippen molar-refractivity contribution in [2.75, 3.05) is 6.61 Å². The maximum atomic E-state index is 6.02.